The Labute approximate surface area is 177 Å². The number of anilines is 1. The van der Waals surface area contributed by atoms with Crippen molar-refractivity contribution in [3.8, 4) is 33.5 Å². The first-order chi connectivity index (χ1) is 14.7. The monoisotopic (exact) mass is 420 g/mol. The molecule has 5 rings (SSSR count). The van der Waals surface area contributed by atoms with Gasteiger partial charge in [0, 0.05) is 12.7 Å². The van der Waals surface area contributed by atoms with Crippen LogP contribution in [0.2, 0.25) is 0 Å². The number of ether oxygens (including phenoxy) is 3. The lowest BCUT2D eigenvalue weighted by molar-refractivity contribution is 0.174. The Balaban J connectivity index is 1.31. The number of aromatic nitrogens is 3. The Morgan fingerprint density at radius 3 is 2.77 bits per heavy atom. The first-order valence-electron chi connectivity index (χ1n) is 9.50. The number of fused-ring (bicyclic) bond motifs is 1. The molecule has 3 heterocycles. The van der Waals surface area contributed by atoms with E-state index in [0.717, 1.165) is 49.9 Å². The van der Waals surface area contributed by atoms with Gasteiger partial charge in [0.25, 0.3) is 0 Å². The fourth-order valence-corrected chi connectivity index (χ4v) is 4.19. The lowest BCUT2D eigenvalue weighted by Crippen LogP contribution is -1.98. The molecule has 0 radical (unpaired) electrons. The summed E-state index contributed by atoms with van der Waals surface area (Å²) >= 11 is 1.60. The Kier molecular flexibility index (Phi) is 4.76. The van der Waals surface area contributed by atoms with Crippen LogP contribution in [0.25, 0.3) is 16.3 Å². The highest BCUT2D eigenvalue weighted by Gasteiger charge is 2.15. The van der Waals surface area contributed by atoms with Crippen LogP contribution in [0.1, 0.15) is 11.3 Å². The van der Waals surface area contributed by atoms with Crippen molar-refractivity contribution >= 4 is 16.5 Å². The van der Waals surface area contributed by atoms with Crippen LogP contribution in [-0.4, -0.2) is 28.7 Å². The van der Waals surface area contributed by atoms with Gasteiger partial charge in [-0.1, -0.05) is 17.4 Å². The number of methoxy groups -OCH3 is 1. The predicted molar refractivity (Wildman–Crippen MR) is 116 cm³/mol. The van der Waals surface area contributed by atoms with E-state index in [0.29, 0.717) is 6.54 Å². The van der Waals surface area contributed by atoms with Gasteiger partial charge in [-0.05, 0) is 55.0 Å². The van der Waals surface area contributed by atoms with E-state index in [2.05, 4.69) is 10.3 Å². The SMILES string of the molecule is COc1ccc(-n2ccc(-c3sc(NCc4ccc5c(c4)OCO5)nc3C)n2)cc1. The Morgan fingerprint density at radius 2 is 1.93 bits per heavy atom. The maximum absolute atomic E-state index is 5.44. The Morgan fingerprint density at radius 1 is 1.10 bits per heavy atom. The quantitative estimate of drug-likeness (QED) is 0.489. The minimum absolute atomic E-state index is 0.282. The summed E-state index contributed by atoms with van der Waals surface area (Å²) in [7, 11) is 1.66. The van der Waals surface area contributed by atoms with Gasteiger partial charge in [-0.15, -0.1) is 0 Å². The molecule has 7 nitrogen and oxygen atoms in total. The van der Waals surface area contributed by atoms with Crippen LogP contribution in [0.15, 0.2) is 54.7 Å². The number of nitrogens with zero attached hydrogens (tertiary/aromatic N) is 3. The van der Waals surface area contributed by atoms with E-state index in [1.807, 2.05) is 66.3 Å². The molecule has 30 heavy (non-hydrogen) atoms. The van der Waals surface area contributed by atoms with Crippen molar-refractivity contribution in [1.29, 1.82) is 0 Å². The molecule has 0 spiro atoms. The molecule has 1 N–H and O–H groups in total. The Bertz CT molecular complexity index is 1180. The zero-order valence-corrected chi connectivity index (χ0v) is 17.4. The van der Waals surface area contributed by atoms with Crippen LogP contribution in [0.4, 0.5) is 5.13 Å². The van der Waals surface area contributed by atoms with Gasteiger partial charge in [0.15, 0.2) is 16.6 Å². The molecule has 0 fully saturated rings. The highest BCUT2D eigenvalue weighted by molar-refractivity contribution is 7.19. The van der Waals surface area contributed by atoms with Crippen LogP contribution in [0.3, 0.4) is 0 Å². The zero-order valence-electron chi connectivity index (χ0n) is 16.6. The van der Waals surface area contributed by atoms with Crippen molar-refractivity contribution in [2.24, 2.45) is 0 Å². The van der Waals surface area contributed by atoms with Crippen LogP contribution in [0, 0.1) is 6.92 Å². The third kappa shape index (κ3) is 3.57. The summed E-state index contributed by atoms with van der Waals surface area (Å²) in [5.74, 6) is 2.40. The summed E-state index contributed by atoms with van der Waals surface area (Å²) in [6, 6.07) is 15.8. The highest BCUT2D eigenvalue weighted by atomic mass is 32.1. The number of hydrogen-bond donors (Lipinski definition) is 1. The second kappa shape index (κ2) is 7.72. The zero-order chi connectivity index (χ0) is 20.5. The number of aryl methyl sites for hydroxylation is 1. The van der Waals surface area contributed by atoms with Crippen LogP contribution < -0.4 is 19.5 Å². The summed E-state index contributed by atoms with van der Waals surface area (Å²) in [5.41, 5.74) is 3.94. The number of thiazole rings is 1. The fraction of sp³-hybridized carbons (Fsp3) is 0.182. The molecular formula is C22H20N4O3S. The molecule has 0 saturated heterocycles. The molecule has 0 aliphatic carbocycles. The maximum Gasteiger partial charge on any atom is 0.231 e. The van der Waals surface area contributed by atoms with Crippen molar-refractivity contribution < 1.29 is 14.2 Å². The topological polar surface area (TPSA) is 70.4 Å². The molecule has 1 aliphatic rings. The minimum atomic E-state index is 0.282. The van der Waals surface area contributed by atoms with E-state index in [1.165, 1.54) is 0 Å². The molecular weight excluding hydrogens is 400 g/mol. The van der Waals surface area contributed by atoms with Crippen molar-refractivity contribution in [3.05, 3.63) is 66.0 Å². The minimum Gasteiger partial charge on any atom is -0.497 e. The lowest BCUT2D eigenvalue weighted by atomic mass is 10.2. The van der Waals surface area contributed by atoms with Crippen LogP contribution in [0.5, 0.6) is 17.2 Å². The first kappa shape index (κ1) is 18.5. The number of nitrogens with one attached hydrogen (secondary N) is 1. The highest BCUT2D eigenvalue weighted by Crippen LogP contribution is 2.34. The second-order valence-electron chi connectivity index (χ2n) is 6.82. The van der Waals surface area contributed by atoms with E-state index >= 15 is 0 Å². The average Bonchev–Trinajstić information content (AvgIpc) is 3.51. The van der Waals surface area contributed by atoms with Gasteiger partial charge in [-0.3, -0.25) is 0 Å². The van der Waals surface area contributed by atoms with Crippen molar-refractivity contribution in [2.45, 2.75) is 13.5 Å². The molecule has 0 amide bonds. The van der Waals surface area contributed by atoms with Crippen LogP contribution >= 0.6 is 11.3 Å². The third-order valence-corrected chi connectivity index (χ3v) is 5.97. The fourth-order valence-electron chi connectivity index (χ4n) is 3.26. The van der Waals surface area contributed by atoms with E-state index in [1.54, 1.807) is 18.4 Å². The van der Waals surface area contributed by atoms with E-state index in [9.17, 15) is 0 Å². The molecule has 0 unspecified atom stereocenters. The van der Waals surface area contributed by atoms with Crippen molar-refractivity contribution in [3.63, 3.8) is 0 Å². The third-order valence-electron chi connectivity index (χ3n) is 4.84. The summed E-state index contributed by atoms with van der Waals surface area (Å²) < 4.78 is 17.9. The lowest BCUT2D eigenvalue weighted by Gasteiger charge is -2.04. The smallest absolute Gasteiger partial charge is 0.231 e. The molecule has 2 aromatic carbocycles. The summed E-state index contributed by atoms with van der Waals surface area (Å²) in [5, 5.41) is 8.98. The van der Waals surface area contributed by atoms with Gasteiger partial charge in [-0.2, -0.15) is 5.10 Å². The first-order valence-corrected chi connectivity index (χ1v) is 10.3. The molecule has 2 aromatic heterocycles. The summed E-state index contributed by atoms with van der Waals surface area (Å²) in [4.78, 5) is 5.72. The van der Waals surface area contributed by atoms with E-state index in [4.69, 9.17) is 19.3 Å². The van der Waals surface area contributed by atoms with Gasteiger partial charge in [-0.25, -0.2) is 9.67 Å². The largest absolute Gasteiger partial charge is 0.497 e. The van der Waals surface area contributed by atoms with E-state index in [-0.39, 0.29) is 6.79 Å². The molecule has 0 bridgehead atoms. The second-order valence-corrected chi connectivity index (χ2v) is 7.82. The molecule has 0 saturated carbocycles. The van der Waals surface area contributed by atoms with Gasteiger partial charge in [0.2, 0.25) is 6.79 Å². The molecule has 8 heteroatoms. The standard InChI is InChI=1S/C22H20N4O3S/c1-14-21(18-9-10-26(25-18)16-4-6-17(27-2)7-5-16)30-22(24-14)23-12-15-3-8-19-20(11-15)29-13-28-19/h3-11H,12-13H2,1-2H3,(H,23,24). The maximum atomic E-state index is 5.44. The van der Waals surface area contributed by atoms with Crippen molar-refractivity contribution in [2.75, 3.05) is 19.2 Å². The normalized spacial score (nSPS) is 12.2. The van der Waals surface area contributed by atoms with Gasteiger partial charge >= 0.3 is 0 Å². The predicted octanol–water partition coefficient (Wildman–Crippen LogP) is 4.65. The number of hydrogen-bond acceptors (Lipinski definition) is 7. The van der Waals surface area contributed by atoms with Gasteiger partial charge < -0.3 is 19.5 Å². The van der Waals surface area contributed by atoms with E-state index < -0.39 is 0 Å². The number of benzene rings is 2. The molecule has 4 aromatic rings. The summed E-state index contributed by atoms with van der Waals surface area (Å²) in [6.07, 6.45) is 1.95. The van der Waals surface area contributed by atoms with Gasteiger partial charge in [0.1, 0.15) is 11.4 Å². The average molecular weight is 420 g/mol. The summed E-state index contributed by atoms with van der Waals surface area (Å²) in [6.45, 7) is 2.94. The molecule has 1 aliphatic heterocycles. The molecule has 152 valence electrons. The van der Waals surface area contributed by atoms with Crippen LogP contribution in [-0.2, 0) is 6.54 Å². The molecule has 0 atom stereocenters. The number of rotatable bonds is 6. The van der Waals surface area contributed by atoms with Crippen molar-refractivity contribution in [1.82, 2.24) is 14.8 Å². The Hall–Kier alpha value is -3.52. The van der Waals surface area contributed by atoms with Gasteiger partial charge in [0.05, 0.1) is 23.4 Å².